The molecule has 1 aromatic carbocycles. The van der Waals surface area contributed by atoms with Gasteiger partial charge in [-0.2, -0.15) is 5.26 Å². The summed E-state index contributed by atoms with van der Waals surface area (Å²) in [5.41, 5.74) is 1.44. The van der Waals surface area contributed by atoms with Crippen LogP contribution in [0, 0.1) is 11.3 Å². The molecule has 7 heteroatoms. The summed E-state index contributed by atoms with van der Waals surface area (Å²) in [6.45, 7) is 3.56. The van der Waals surface area contributed by atoms with Gasteiger partial charge in [0.2, 0.25) is 5.91 Å². The zero-order valence-electron chi connectivity index (χ0n) is 13.9. The zero-order valence-corrected chi connectivity index (χ0v) is 13.9. The Labute approximate surface area is 146 Å². The summed E-state index contributed by atoms with van der Waals surface area (Å²) in [6, 6.07) is 12.2. The summed E-state index contributed by atoms with van der Waals surface area (Å²) >= 11 is 0. The van der Waals surface area contributed by atoms with Crippen LogP contribution in [0.5, 0.6) is 0 Å². The molecular formula is C18H20N6O. The standard InChI is InChI=1S/C18H20N6O/c19-14-16-18(22-9-8-20-16)21-7-6-17(25)24-12-10-23(11-13-24)15-4-2-1-3-5-15/h1-5,8-9H,6-7,10-13H2,(H,21,22). The van der Waals surface area contributed by atoms with Crippen molar-refractivity contribution < 1.29 is 4.79 Å². The van der Waals surface area contributed by atoms with Crippen LogP contribution in [0.4, 0.5) is 11.5 Å². The normalized spacial score (nSPS) is 14.0. The highest BCUT2D eigenvalue weighted by Crippen LogP contribution is 2.16. The average Bonchev–Trinajstić information content (AvgIpc) is 2.69. The van der Waals surface area contributed by atoms with Gasteiger partial charge in [-0.1, -0.05) is 18.2 Å². The van der Waals surface area contributed by atoms with Crippen molar-refractivity contribution in [1.82, 2.24) is 14.9 Å². The number of nitrogens with one attached hydrogen (secondary N) is 1. The lowest BCUT2D eigenvalue weighted by Gasteiger charge is -2.36. The first kappa shape index (κ1) is 16.7. The Hall–Kier alpha value is -3.14. The van der Waals surface area contributed by atoms with E-state index in [0.29, 0.717) is 18.8 Å². The summed E-state index contributed by atoms with van der Waals surface area (Å²) in [7, 11) is 0. The number of hydrogen-bond donors (Lipinski definition) is 1. The molecule has 1 saturated heterocycles. The predicted octanol–water partition coefficient (Wildman–Crippen LogP) is 1.50. The van der Waals surface area contributed by atoms with E-state index in [-0.39, 0.29) is 11.6 Å². The summed E-state index contributed by atoms with van der Waals surface area (Å²) < 4.78 is 0. The minimum atomic E-state index is 0.114. The summed E-state index contributed by atoms with van der Waals surface area (Å²) in [6.07, 6.45) is 3.36. The van der Waals surface area contributed by atoms with Gasteiger partial charge in [0.05, 0.1) is 0 Å². The molecule has 0 atom stereocenters. The van der Waals surface area contributed by atoms with Crippen molar-refractivity contribution in [3.05, 3.63) is 48.4 Å². The Morgan fingerprint density at radius 1 is 1.12 bits per heavy atom. The number of carbonyl (C=O) groups excluding carboxylic acids is 1. The number of benzene rings is 1. The van der Waals surface area contributed by atoms with Gasteiger partial charge in [-0.15, -0.1) is 0 Å². The molecule has 2 aromatic rings. The van der Waals surface area contributed by atoms with E-state index in [4.69, 9.17) is 5.26 Å². The van der Waals surface area contributed by atoms with Gasteiger partial charge in [-0.05, 0) is 12.1 Å². The second-order valence-electron chi connectivity index (χ2n) is 5.75. The second kappa shape index (κ2) is 8.11. The van der Waals surface area contributed by atoms with Gasteiger partial charge < -0.3 is 15.1 Å². The number of amides is 1. The van der Waals surface area contributed by atoms with E-state index in [1.165, 1.54) is 18.1 Å². The molecule has 1 N–H and O–H groups in total. The molecule has 7 nitrogen and oxygen atoms in total. The van der Waals surface area contributed by atoms with E-state index in [9.17, 15) is 4.79 Å². The molecule has 3 rings (SSSR count). The van der Waals surface area contributed by atoms with E-state index in [0.717, 1.165) is 26.2 Å². The van der Waals surface area contributed by atoms with Crippen LogP contribution in [0.1, 0.15) is 12.1 Å². The molecule has 1 aromatic heterocycles. The molecule has 0 bridgehead atoms. The van der Waals surface area contributed by atoms with Crippen LogP contribution in [0.25, 0.3) is 0 Å². The lowest BCUT2D eigenvalue weighted by molar-refractivity contribution is -0.131. The maximum absolute atomic E-state index is 12.4. The molecule has 2 heterocycles. The molecule has 0 aliphatic carbocycles. The third-order valence-corrected chi connectivity index (χ3v) is 4.19. The minimum Gasteiger partial charge on any atom is -0.368 e. The van der Waals surface area contributed by atoms with Crippen LogP contribution < -0.4 is 10.2 Å². The van der Waals surface area contributed by atoms with Gasteiger partial charge >= 0.3 is 0 Å². The van der Waals surface area contributed by atoms with E-state index >= 15 is 0 Å². The molecule has 25 heavy (non-hydrogen) atoms. The number of nitrogens with zero attached hydrogens (tertiary/aromatic N) is 5. The van der Waals surface area contributed by atoms with Crippen molar-refractivity contribution in [2.24, 2.45) is 0 Å². The van der Waals surface area contributed by atoms with Gasteiger partial charge in [0.25, 0.3) is 0 Å². The monoisotopic (exact) mass is 336 g/mol. The smallest absolute Gasteiger partial charge is 0.224 e. The van der Waals surface area contributed by atoms with Crippen molar-refractivity contribution in [2.45, 2.75) is 6.42 Å². The molecule has 1 aliphatic heterocycles. The predicted molar refractivity (Wildman–Crippen MR) is 95.1 cm³/mol. The Morgan fingerprint density at radius 2 is 1.84 bits per heavy atom. The number of hydrogen-bond acceptors (Lipinski definition) is 6. The van der Waals surface area contributed by atoms with Crippen molar-refractivity contribution in [3.63, 3.8) is 0 Å². The Kier molecular flexibility index (Phi) is 5.42. The highest BCUT2D eigenvalue weighted by molar-refractivity contribution is 5.77. The first-order chi connectivity index (χ1) is 12.3. The SMILES string of the molecule is N#Cc1nccnc1NCCC(=O)N1CCN(c2ccccc2)CC1. The zero-order chi connectivity index (χ0) is 17.5. The molecule has 1 aliphatic rings. The van der Waals surface area contributed by atoms with Crippen molar-refractivity contribution in [2.75, 3.05) is 42.9 Å². The van der Waals surface area contributed by atoms with Crippen LogP contribution in [0.3, 0.4) is 0 Å². The van der Waals surface area contributed by atoms with Crippen LogP contribution >= 0.6 is 0 Å². The number of rotatable bonds is 5. The average molecular weight is 336 g/mol. The maximum atomic E-state index is 12.4. The van der Waals surface area contributed by atoms with Crippen LogP contribution in [0.2, 0.25) is 0 Å². The third-order valence-electron chi connectivity index (χ3n) is 4.19. The lowest BCUT2D eigenvalue weighted by Crippen LogP contribution is -2.49. The van der Waals surface area contributed by atoms with Crippen LogP contribution in [-0.4, -0.2) is 53.5 Å². The molecule has 1 amide bonds. The fraction of sp³-hybridized carbons (Fsp3) is 0.333. The lowest BCUT2D eigenvalue weighted by atomic mass is 10.2. The highest BCUT2D eigenvalue weighted by Gasteiger charge is 2.20. The number of anilines is 2. The Morgan fingerprint density at radius 3 is 2.56 bits per heavy atom. The van der Waals surface area contributed by atoms with Crippen molar-refractivity contribution >= 4 is 17.4 Å². The van der Waals surface area contributed by atoms with Gasteiger partial charge in [-0.25, -0.2) is 9.97 Å². The molecule has 0 spiro atoms. The minimum absolute atomic E-state index is 0.114. The number of carbonyl (C=O) groups is 1. The Bertz CT molecular complexity index is 750. The number of para-hydroxylation sites is 1. The van der Waals surface area contributed by atoms with Crippen LogP contribution in [0.15, 0.2) is 42.7 Å². The Balaban J connectivity index is 1.45. The van der Waals surface area contributed by atoms with Gasteiger partial charge in [0.1, 0.15) is 6.07 Å². The maximum Gasteiger partial charge on any atom is 0.224 e. The van der Waals surface area contributed by atoms with Gasteiger partial charge in [0.15, 0.2) is 11.5 Å². The number of piperazine rings is 1. The van der Waals surface area contributed by atoms with Crippen LogP contribution in [-0.2, 0) is 4.79 Å². The fourth-order valence-corrected chi connectivity index (χ4v) is 2.85. The van der Waals surface area contributed by atoms with E-state index in [1.54, 1.807) is 0 Å². The number of aromatic nitrogens is 2. The van der Waals surface area contributed by atoms with E-state index in [2.05, 4.69) is 32.3 Å². The number of nitriles is 1. The first-order valence-electron chi connectivity index (χ1n) is 8.30. The topological polar surface area (TPSA) is 85.1 Å². The summed E-state index contributed by atoms with van der Waals surface area (Å²) in [5.74, 6) is 0.536. The van der Waals surface area contributed by atoms with Crippen molar-refractivity contribution in [1.29, 1.82) is 5.26 Å². The van der Waals surface area contributed by atoms with Gasteiger partial charge in [-0.3, -0.25) is 4.79 Å². The van der Waals surface area contributed by atoms with E-state index in [1.807, 2.05) is 29.2 Å². The molecule has 128 valence electrons. The van der Waals surface area contributed by atoms with Crippen molar-refractivity contribution in [3.8, 4) is 6.07 Å². The largest absolute Gasteiger partial charge is 0.368 e. The fourth-order valence-electron chi connectivity index (χ4n) is 2.85. The van der Waals surface area contributed by atoms with Gasteiger partial charge in [0, 0.05) is 57.2 Å². The molecule has 0 saturated carbocycles. The highest BCUT2D eigenvalue weighted by atomic mass is 16.2. The first-order valence-corrected chi connectivity index (χ1v) is 8.30. The second-order valence-corrected chi connectivity index (χ2v) is 5.75. The molecule has 0 radical (unpaired) electrons. The summed E-state index contributed by atoms with van der Waals surface area (Å²) in [4.78, 5) is 24.5. The van der Waals surface area contributed by atoms with E-state index < -0.39 is 0 Å². The molecule has 0 unspecified atom stereocenters. The summed E-state index contributed by atoms with van der Waals surface area (Å²) in [5, 5.41) is 12.0. The molecular weight excluding hydrogens is 316 g/mol. The quantitative estimate of drug-likeness (QED) is 0.891. The molecule has 1 fully saturated rings. The third kappa shape index (κ3) is 4.23.